The van der Waals surface area contributed by atoms with E-state index in [9.17, 15) is 0 Å². The van der Waals surface area contributed by atoms with Crippen molar-refractivity contribution in [3.8, 4) is 0 Å². The highest BCUT2D eigenvalue weighted by Crippen LogP contribution is 2.53. The van der Waals surface area contributed by atoms with Crippen LogP contribution >= 0.6 is 0 Å². The van der Waals surface area contributed by atoms with E-state index in [0.29, 0.717) is 0 Å². The molecule has 0 fully saturated rings. The summed E-state index contributed by atoms with van der Waals surface area (Å²) in [7, 11) is 0. The third-order valence-corrected chi connectivity index (χ3v) is 12.8. The summed E-state index contributed by atoms with van der Waals surface area (Å²) in [5, 5.41) is 0. The van der Waals surface area contributed by atoms with Gasteiger partial charge in [0.1, 0.15) is 23.0 Å². The Kier molecular flexibility index (Phi) is 9.18. The van der Waals surface area contributed by atoms with Crippen LogP contribution in [0.25, 0.3) is 0 Å². The number of hydrogen-bond donors (Lipinski definition) is 0. The second-order valence-electron chi connectivity index (χ2n) is 17.1. The highest BCUT2D eigenvalue weighted by molar-refractivity contribution is 5.72. The lowest BCUT2D eigenvalue weighted by molar-refractivity contribution is 0.454. The Balaban J connectivity index is 1.26. The zero-order valence-corrected chi connectivity index (χ0v) is 35.3. The molecule has 0 amide bonds. The molecule has 4 atom stereocenters. The van der Waals surface area contributed by atoms with Crippen molar-refractivity contribution in [2.45, 2.75) is 51.4 Å². The summed E-state index contributed by atoms with van der Waals surface area (Å²) in [6.07, 6.45) is 16.8. The van der Waals surface area contributed by atoms with E-state index < -0.39 is 0 Å². The van der Waals surface area contributed by atoms with Gasteiger partial charge in [-0.05, 0) is 86.4 Å². The van der Waals surface area contributed by atoms with Gasteiger partial charge in [0.15, 0.2) is 0 Å². The molecule has 0 unspecified atom stereocenters. The SMILES string of the molecule is Cc1ccc([C@H]2C3=C=C(C4=C=CC=CC=C43)[C@@H](c3ccc(C)cc3)c3ccc(o3)[C@H](c3ccc(C)cc3)C3=C=C(C4=CC=CC=C=C34)[C@@H](c3ccc(C)cc3)c3ccc2o3)cc1. The Labute approximate surface area is 363 Å². The molecule has 5 aliphatic rings. The number of aryl methyl sites for hydroxylation is 4. The monoisotopic (exact) mass is 796 g/mol. The summed E-state index contributed by atoms with van der Waals surface area (Å²) in [4.78, 5) is 0. The molecular formula is C60H44O2. The molecule has 0 N–H and O–H groups in total. The van der Waals surface area contributed by atoms with Gasteiger partial charge in [0.05, 0.1) is 23.7 Å². The first kappa shape index (κ1) is 37.5. The van der Waals surface area contributed by atoms with Crippen LogP contribution in [0.5, 0.6) is 0 Å². The number of allylic oxidation sites excluding steroid dienone is 12. The number of rotatable bonds is 4. The van der Waals surface area contributed by atoms with E-state index in [1.165, 1.54) is 22.3 Å². The standard InChI is InChI=1S/C60H44O2/c1-37-15-23-41(24-16-37)57-49-35-50(46-12-8-5-7-11-45(46)49)58(42-25-17-38(2)18-26-42)55-33-34-56(62-55)60(44-29-21-40(4)22-30-44)52-36-51(47-13-9-6-10-14-48(47)52)59(54-32-31-53(57)61-54)43-27-19-39(3)20-28-43/h5-11,13,15-34,57-60H,1-4H3/t57-,58-,59+,60-/m1/s1. The quantitative estimate of drug-likeness (QED) is 0.166. The van der Waals surface area contributed by atoms with Crippen molar-refractivity contribution in [2.24, 2.45) is 0 Å². The van der Waals surface area contributed by atoms with Crippen molar-refractivity contribution in [2.75, 3.05) is 0 Å². The molecule has 11 rings (SSSR count). The van der Waals surface area contributed by atoms with Crippen LogP contribution < -0.4 is 0 Å². The number of furan rings is 2. The predicted octanol–water partition coefficient (Wildman–Crippen LogP) is 14.4. The van der Waals surface area contributed by atoms with Crippen LogP contribution in [-0.2, 0) is 0 Å². The van der Waals surface area contributed by atoms with Gasteiger partial charge < -0.3 is 8.83 Å². The average molecular weight is 797 g/mol. The van der Waals surface area contributed by atoms with Gasteiger partial charge >= 0.3 is 0 Å². The van der Waals surface area contributed by atoms with Crippen molar-refractivity contribution in [1.29, 1.82) is 0 Å². The second kappa shape index (κ2) is 15.2. The molecule has 2 nitrogen and oxygen atoms in total. The average Bonchev–Trinajstić information content (AvgIpc) is 4.02. The summed E-state index contributed by atoms with van der Waals surface area (Å²) < 4.78 is 14.7. The van der Waals surface area contributed by atoms with Crippen LogP contribution in [0.3, 0.4) is 0 Å². The zero-order chi connectivity index (χ0) is 41.9. The molecule has 0 spiro atoms. The van der Waals surface area contributed by atoms with E-state index in [-0.39, 0.29) is 23.7 Å². The normalized spacial score (nSPS) is 20.7. The second-order valence-corrected chi connectivity index (χ2v) is 17.1. The minimum absolute atomic E-state index is 0.262. The van der Waals surface area contributed by atoms with Crippen molar-refractivity contribution in [3.63, 3.8) is 0 Å². The third kappa shape index (κ3) is 6.48. The van der Waals surface area contributed by atoms with Gasteiger partial charge in [-0.2, -0.15) is 0 Å². The maximum absolute atomic E-state index is 7.35. The fraction of sp³-hybridized carbons (Fsp3) is 0.133. The number of benzene rings is 4. The Morgan fingerprint density at radius 3 is 0.935 bits per heavy atom. The zero-order valence-electron chi connectivity index (χ0n) is 35.3. The van der Waals surface area contributed by atoms with Crippen LogP contribution in [0.2, 0.25) is 0 Å². The van der Waals surface area contributed by atoms with Gasteiger partial charge in [0, 0.05) is 44.6 Å². The van der Waals surface area contributed by atoms with E-state index in [2.05, 4.69) is 208 Å². The van der Waals surface area contributed by atoms with Gasteiger partial charge in [-0.15, -0.1) is 22.9 Å². The molecule has 1 aliphatic heterocycles. The smallest absolute Gasteiger partial charge is 0.116 e. The van der Waals surface area contributed by atoms with E-state index in [1.54, 1.807) is 0 Å². The molecule has 2 aromatic heterocycles. The Bertz CT molecular complexity index is 3000. The van der Waals surface area contributed by atoms with Crippen LogP contribution in [-0.4, -0.2) is 0 Å². The minimum atomic E-state index is -0.275. The summed E-state index contributed by atoms with van der Waals surface area (Å²) >= 11 is 0. The Hall–Kier alpha value is -7.52. The van der Waals surface area contributed by atoms with Crippen LogP contribution in [0.4, 0.5) is 0 Å². The molecule has 3 heterocycles. The van der Waals surface area contributed by atoms with Crippen molar-refractivity contribution in [1.82, 2.24) is 0 Å². The van der Waals surface area contributed by atoms with Crippen LogP contribution in [0.15, 0.2) is 246 Å². The van der Waals surface area contributed by atoms with Crippen LogP contribution in [0.1, 0.15) is 91.2 Å². The molecule has 296 valence electrons. The summed E-state index contributed by atoms with van der Waals surface area (Å²) in [5.74, 6) is 2.32. The molecule has 62 heavy (non-hydrogen) atoms. The molecule has 6 aromatic rings. The molecule has 2 heteroatoms. The van der Waals surface area contributed by atoms with Crippen molar-refractivity contribution < 1.29 is 8.83 Å². The molecule has 4 aromatic carbocycles. The predicted molar refractivity (Wildman–Crippen MR) is 248 cm³/mol. The Morgan fingerprint density at radius 1 is 0.339 bits per heavy atom. The fourth-order valence-corrected chi connectivity index (χ4v) is 9.62. The molecule has 0 saturated heterocycles. The molecule has 0 saturated carbocycles. The van der Waals surface area contributed by atoms with Crippen molar-refractivity contribution in [3.05, 3.63) is 305 Å². The Morgan fingerprint density at radius 2 is 0.629 bits per heavy atom. The maximum atomic E-state index is 7.35. The first-order valence-electron chi connectivity index (χ1n) is 21.5. The lowest BCUT2D eigenvalue weighted by Crippen LogP contribution is -2.08. The summed E-state index contributed by atoms with van der Waals surface area (Å²) in [6, 6.07) is 44.1. The van der Waals surface area contributed by atoms with Gasteiger partial charge in [0.25, 0.3) is 0 Å². The number of hydrogen-bond acceptors (Lipinski definition) is 2. The first-order valence-corrected chi connectivity index (χ1v) is 21.5. The molecule has 0 radical (unpaired) electrons. The highest BCUT2D eigenvalue weighted by Gasteiger charge is 2.40. The number of fused-ring (bicyclic) bond motifs is 10. The van der Waals surface area contributed by atoms with E-state index in [4.69, 9.17) is 8.83 Å². The lowest BCUT2D eigenvalue weighted by atomic mass is 9.82. The molecule has 8 bridgehead atoms. The third-order valence-electron chi connectivity index (χ3n) is 12.8. The summed E-state index contributed by atoms with van der Waals surface area (Å²) in [5.41, 5.74) is 33.2. The molecular weight excluding hydrogens is 753 g/mol. The maximum Gasteiger partial charge on any atom is 0.116 e. The van der Waals surface area contributed by atoms with Gasteiger partial charge in [-0.1, -0.05) is 156 Å². The molecule has 4 aliphatic carbocycles. The van der Waals surface area contributed by atoms with Gasteiger partial charge in [0.2, 0.25) is 0 Å². The topological polar surface area (TPSA) is 26.3 Å². The van der Waals surface area contributed by atoms with Crippen molar-refractivity contribution >= 4 is 0 Å². The lowest BCUT2D eigenvalue weighted by Gasteiger charge is -2.22. The van der Waals surface area contributed by atoms with Crippen LogP contribution in [0, 0.1) is 27.7 Å². The minimum Gasteiger partial charge on any atom is -0.464 e. The highest BCUT2D eigenvalue weighted by atomic mass is 16.3. The van der Waals surface area contributed by atoms with E-state index >= 15 is 0 Å². The fourth-order valence-electron chi connectivity index (χ4n) is 9.62. The van der Waals surface area contributed by atoms with Gasteiger partial charge in [-0.25, -0.2) is 0 Å². The van der Waals surface area contributed by atoms with Gasteiger partial charge in [-0.3, -0.25) is 0 Å². The van der Waals surface area contributed by atoms with E-state index in [1.807, 2.05) is 12.2 Å². The largest absolute Gasteiger partial charge is 0.464 e. The first-order chi connectivity index (χ1) is 30.4. The van der Waals surface area contributed by atoms with E-state index in [0.717, 1.165) is 89.9 Å². The summed E-state index contributed by atoms with van der Waals surface area (Å²) in [6.45, 7) is 8.54.